The van der Waals surface area contributed by atoms with Gasteiger partial charge in [0.25, 0.3) is 0 Å². The van der Waals surface area contributed by atoms with E-state index in [1.807, 2.05) is 6.07 Å². The van der Waals surface area contributed by atoms with Crippen molar-refractivity contribution < 1.29 is 9.47 Å². The van der Waals surface area contributed by atoms with Crippen molar-refractivity contribution in [1.82, 2.24) is 0 Å². The molecule has 1 aliphatic carbocycles. The van der Waals surface area contributed by atoms with Gasteiger partial charge in [0.2, 0.25) is 0 Å². The molecule has 1 aromatic rings. The van der Waals surface area contributed by atoms with Crippen LogP contribution in [0.2, 0.25) is 0 Å². The molecule has 0 unspecified atom stereocenters. The number of aryl methyl sites for hydroxylation is 1. The van der Waals surface area contributed by atoms with E-state index < -0.39 is 0 Å². The van der Waals surface area contributed by atoms with Crippen LogP contribution in [0.1, 0.15) is 23.7 Å². The van der Waals surface area contributed by atoms with Gasteiger partial charge in [-0.2, -0.15) is 0 Å². The van der Waals surface area contributed by atoms with Crippen molar-refractivity contribution in [3.05, 3.63) is 29.3 Å². The van der Waals surface area contributed by atoms with Crippen molar-refractivity contribution in [3.8, 4) is 5.75 Å². The molecule has 2 heteroatoms. The van der Waals surface area contributed by atoms with Crippen LogP contribution >= 0.6 is 0 Å². The second kappa shape index (κ2) is 2.48. The third-order valence-corrected chi connectivity index (χ3v) is 2.94. The minimum atomic E-state index is 0.398. The van der Waals surface area contributed by atoms with Crippen molar-refractivity contribution >= 4 is 0 Å². The lowest BCUT2D eigenvalue weighted by Crippen LogP contribution is -2.04. The van der Waals surface area contributed by atoms with E-state index in [2.05, 4.69) is 12.1 Å². The molecule has 0 spiro atoms. The number of benzene rings is 1. The molecule has 0 N–H and O–H groups in total. The van der Waals surface area contributed by atoms with Crippen molar-refractivity contribution in [3.63, 3.8) is 0 Å². The van der Waals surface area contributed by atoms with Crippen molar-refractivity contribution in [2.75, 3.05) is 7.11 Å². The normalized spacial score (nSPS) is 29.0. The lowest BCUT2D eigenvalue weighted by Gasteiger charge is -2.12. The van der Waals surface area contributed by atoms with Crippen LogP contribution in [0.3, 0.4) is 0 Å². The Hall–Kier alpha value is -1.02. The maximum atomic E-state index is 5.54. The third kappa shape index (κ3) is 1.05. The molecule has 0 amide bonds. The lowest BCUT2D eigenvalue weighted by molar-refractivity contribution is 0.372. The van der Waals surface area contributed by atoms with Gasteiger partial charge in [0.15, 0.2) is 0 Å². The average Bonchev–Trinajstić information content (AvgIpc) is 2.95. The van der Waals surface area contributed by atoms with Crippen molar-refractivity contribution in [1.29, 1.82) is 0 Å². The first kappa shape index (κ1) is 7.39. The van der Waals surface area contributed by atoms with E-state index in [1.54, 1.807) is 7.11 Å². The highest BCUT2D eigenvalue weighted by molar-refractivity contribution is 5.41. The van der Waals surface area contributed by atoms with Crippen LogP contribution in [0.15, 0.2) is 18.2 Å². The van der Waals surface area contributed by atoms with E-state index in [9.17, 15) is 0 Å². The van der Waals surface area contributed by atoms with Crippen molar-refractivity contribution in [2.45, 2.75) is 25.0 Å². The zero-order chi connectivity index (χ0) is 8.84. The van der Waals surface area contributed by atoms with E-state index in [0.717, 1.165) is 12.2 Å². The topological polar surface area (TPSA) is 21.8 Å². The highest BCUT2D eigenvalue weighted by Gasteiger charge is 2.43. The van der Waals surface area contributed by atoms with Crippen molar-refractivity contribution in [2.24, 2.45) is 0 Å². The molecule has 2 aliphatic rings. The second-order valence-corrected chi connectivity index (χ2v) is 3.70. The Balaban J connectivity index is 2.04. The minimum Gasteiger partial charge on any atom is -0.497 e. The molecule has 1 heterocycles. The van der Waals surface area contributed by atoms with Crippen LogP contribution in [0, 0.1) is 0 Å². The van der Waals surface area contributed by atoms with Crippen LogP contribution in [0.5, 0.6) is 5.75 Å². The van der Waals surface area contributed by atoms with E-state index in [1.165, 1.54) is 17.5 Å². The largest absolute Gasteiger partial charge is 0.497 e. The van der Waals surface area contributed by atoms with Gasteiger partial charge in [-0.05, 0) is 36.1 Å². The van der Waals surface area contributed by atoms with Crippen LogP contribution in [0.4, 0.5) is 0 Å². The molecule has 2 atom stereocenters. The Morgan fingerprint density at radius 3 is 3.23 bits per heavy atom. The number of epoxide rings is 1. The first-order valence-electron chi connectivity index (χ1n) is 4.71. The zero-order valence-corrected chi connectivity index (χ0v) is 7.62. The summed E-state index contributed by atoms with van der Waals surface area (Å²) in [6.45, 7) is 0. The Morgan fingerprint density at radius 2 is 2.38 bits per heavy atom. The number of fused-ring (bicyclic) bond motifs is 3. The van der Waals surface area contributed by atoms with Crippen LogP contribution in [-0.4, -0.2) is 13.2 Å². The number of methoxy groups -OCH3 is 1. The smallest absolute Gasteiger partial charge is 0.119 e. The predicted octanol–water partition coefficient (Wildman–Crippen LogP) is 2.08. The van der Waals surface area contributed by atoms with Gasteiger partial charge in [0, 0.05) is 0 Å². The van der Waals surface area contributed by atoms with Crippen LogP contribution in [-0.2, 0) is 11.2 Å². The average molecular weight is 176 g/mol. The maximum Gasteiger partial charge on any atom is 0.119 e. The Kier molecular flexibility index (Phi) is 1.41. The lowest BCUT2D eigenvalue weighted by atomic mass is 9.92. The molecular weight excluding hydrogens is 164 g/mol. The van der Waals surface area contributed by atoms with E-state index in [-0.39, 0.29) is 0 Å². The van der Waals surface area contributed by atoms with Gasteiger partial charge in [-0.3, -0.25) is 0 Å². The minimum absolute atomic E-state index is 0.398. The fraction of sp³-hybridized carbons (Fsp3) is 0.455. The molecule has 3 rings (SSSR count). The number of hydrogen-bond donors (Lipinski definition) is 0. The standard InChI is InChI=1S/C11H12O2/c1-12-8-3-4-9-7(6-8)2-5-10-11(9)13-10/h3-4,6,10-11H,2,5H2,1H3/t10-,11+/m1/s1. The summed E-state index contributed by atoms with van der Waals surface area (Å²) in [4.78, 5) is 0. The molecule has 68 valence electrons. The van der Waals surface area contributed by atoms with Gasteiger partial charge in [0.05, 0.1) is 13.2 Å². The molecule has 0 radical (unpaired) electrons. The first-order chi connectivity index (χ1) is 6.38. The highest BCUT2D eigenvalue weighted by atomic mass is 16.6. The van der Waals surface area contributed by atoms with Gasteiger partial charge >= 0.3 is 0 Å². The Bertz CT molecular complexity index is 346. The molecule has 2 nitrogen and oxygen atoms in total. The molecule has 1 saturated heterocycles. The highest BCUT2D eigenvalue weighted by Crippen LogP contribution is 2.47. The maximum absolute atomic E-state index is 5.54. The summed E-state index contributed by atoms with van der Waals surface area (Å²) in [5, 5.41) is 0. The molecule has 0 aromatic heterocycles. The molecule has 13 heavy (non-hydrogen) atoms. The van der Waals surface area contributed by atoms with Crippen LogP contribution < -0.4 is 4.74 Å². The third-order valence-electron chi connectivity index (χ3n) is 2.94. The summed E-state index contributed by atoms with van der Waals surface area (Å²) in [6.07, 6.45) is 3.22. The van der Waals surface area contributed by atoms with Crippen LogP contribution in [0.25, 0.3) is 0 Å². The molecular formula is C11H12O2. The van der Waals surface area contributed by atoms with E-state index in [0.29, 0.717) is 12.2 Å². The zero-order valence-electron chi connectivity index (χ0n) is 7.62. The number of hydrogen-bond acceptors (Lipinski definition) is 2. The van der Waals surface area contributed by atoms with Gasteiger partial charge in [-0.1, -0.05) is 6.07 Å². The van der Waals surface area contributed by atoms with E-state index >= 15 is 0 Å². The quantitative estimate of drug-likeness (QED) is 0.611. The fourth-order valence-electron chi connectivity index (χ4n) is 2.14. The summed E-state index contributed by atoms with van der Waals surface area (Å²) in [5.41, 5.74) is 2.77. The number of ether oxygens (including phenoxy) is 2. The molecule has 1 fully saturated rings. The summed E-state index contributed by atoms with van der Waals surface area (Å²) < 4.78 is 10.7. The van der Waals surface area contributed by atoms with Gasteiger partial charge in [-0.15, -0.1) is 0 Å². The second-order valence-electron chi connectivity index (χ2n) is 3.70. The molecule has 1 aliphatic heterocycles. The summed E-state index contributed by atoms with van der Waals surface area (Å²) in [5.74, 6) is 0.956. The summed E-state index contributed by atoms with van der Waals surface area (Å²) >= 11 is 0. The molecule has 1 aromatic carbocycles. The summed E-state index contributed by atoms with van der Waals surface area (Å²) in [6, 6.07) is 6.29. The Labute approximate surface area is 77.5 Å². The first-order valence-corrected chi connectivity index (χ1v) is 4.71. The fourth-order valence-corrected chi connectivity index (χ4v) is 2.14. The van der Waals surface area contributed by atoms with Gasteiger partial charge < -0.3 is 9.47 Å². The van der Waals surface area contributed by atoms with Gasteiger partial charge in [-0.25, -0.2) is 0 Å². The predicted molar refractivity (Wildman–Crippen MR) is 48.9 cm³/mol. The Morgan fingerprint density at radius 1 is 1.46 bits per heavy atom. The monoisotopic (exact) mass is 176 g/mol. The van der Waals surface area contributed by atoms with Gasteiger partial charge in [0.1, 0.15) is 11.9 Å². The van der Waals surface area contributed by atoms with E-state index in [4.69, 9.17) is 9.47 Å². The number of rotatable bonds is 1. The SMILES string of the molecule is COc1ccc2c(c1)CC[C@H]1O[C@@H]21. The molecule has 0 saturated carbocycles. The molecule has 0 bridgehead atoms. The summed E-state index contributed by atoms with van der Waals surface area (Å²) in [7, 11) is 1.71.